The number of carbonyl (C=O) groups excluding carboxylic acids is 1. The van der Waals surface area contributed by atoms with Crippen LogP contribution < -0.4 is 15.7 Å². The number of anilines is 1. The summed E-state index contributed by atoms with van der Waals surface area (Å²) in [6.45, 7) is 5.94. The normalized spacial score (nSPS) is 16.5. The third kappa shape index (κ3) is 4.31. The lowest BCUT2D eigenvalue weighted by Crippen LogP contribution is -2.38. The molecule has 0 spiro atoms. The first kappa shape index (κ1) is 19.5. The molecule has 2 heterocycles. The Morgan fingerprint density at radius 1 is 1.24 bits per heavy atom. The molecule has 7 heteroatoms. The van der Waals surface area contributed by atoms with Crippen LogP contribution in [0.3, 0.4) is 0 Å². The number of nitrogens with zero attached hydrogens (tertiary/aromatic N) is 3. The van der Waals surface area contributed by atoms with E-state index >= 15 is 0 Å². The van der Waals surface area contributed by atoms with Crippen LogP contribution in [0, 0.1) is 12.8 Å². The van der Waals surface area contributed by atoms with Crippen molar-refractivity contribution in [1.82, 2.24) is 20.8 Å². The van der Waals surface area contributed by atoms with E-state index in [2.05, 4.69) is 51.4 Å². The molecule has 1 amide bonds. The topological polar surface area (TPSA) is 90.4 Å². The van der Waals surface area contributed by atoms with Crippen molar-refractivity contribution in [3.05, 3.63) is 58.9 Å². The Morgan fingerprint density at radius 3 is 2.72 bits per heavy atom. The quantitative estimate of drug-likeness (QED) is 0.516. The number of fused-ring (bicyclic) bond motifs is 1. The molecule has 3 N–H and O–H groups in total. The van der Waals surface area contributed by atoms with Crippen molar-refractivity contribution in [3.63, 3.8) is 0 Å². The minimum absolute atomic E-state index is 0.244. The first-order chi connectivity index (χ1) is 14.2. The summed E-state index contributed by atoms with van der Waals surface area (Å²) < 4.78 is 0. The van der Waals surface area contributed by atoms with Gasteiger partial charge in [0.15, 0.2) is 0 Å². The van der Waals surface area contributed by atoms with E-state index in [0.29, 0.717) is 11.9 Å². The van der Waals surface area contributed by atoms with Gasteiger partial charge < -0.3 is 10.2 Å². The number of hydroxylamine groups is 1. The molecule has 1 aliphatic heterocycles. The van der Waals surface area contributed by atoms with Crippen LogP contribution in [0.5, 0.6) is 0 Å². The fourth-order valence-corrected chi connectivity index (χ4v) is 4.19. The van der Waals surface area contributed by atoms with E-state index < -0.39 is 5.91 Å². The lowest BCUT2D eigenvalue weighted by atomic mass is 9.96. The molecule has 1 saturated heterocycles. The SMILES string of the molecule is Cc1cccc2c1CC=C2CNCC1CCN(c2ncc(C(=O)NO)cn2)CC1. The molecule has 4 rings (SSSR count). The number of nitrogens with one attached hydrogen (secondary N) is 2. The van der Waals surface area contributed by atoms with E-state index in [1.807, 2.05) is 0 Å². The second-order valence-electron chi connectivity index (χ2n) is 7.81. The van der Waals surface area contributed by atoms with E-state index in [9.17, 15) is 4.79 Å². The monoisotopic (exact) mass is 393 g/mol. The van der Waals surface area contributed by atoms with Crippen LogP contribution in [0.1, 0.15) is 39.9 Å². The molecule has 1 aromatic heterocycles. The highest BCUT2D eigenvalue weighted by Crippen LogP contribution is 2.29. The summed E-state index contributed by atoms with van der Waals surface area (Å²) in [6.07, 6.45) is 8.46. The van der Waals surface area contributed by atoms with Crippen LogP contribution >= 0.6 is 0 Å². The molecule has 152 valence electrons. The van der Waals surface area contributed by atoms with Gasteiger partial charge in [0, 0.05) is 32.0 Å². The molecule has 0 radical (unpaired) electrons. The smallest absolute Gasteiger partial charge is 0.277 e. The molecular formula is C22H27N5O2. The zero-order chi connectivity index (χ0) is 20.2. The Hall–Kier alpha value is -2.77. The van der Waals surface area contributed by atoms with E-state index in [4.69, 9.17) is 5.21 Å². The van der Waals surface area contributed by atoms with Crippen LogP contribution in [0.2, 0.25) is 0 Å². The summed E-state index contributed by atoms with van der Waals surface area (Å²) in [7, 11) is 0. The average Bonchev–Trinajstić information content (AvgIpc) is 3.18. The fraction of sp³-hybridized carbons (Fsp3) is 0.409. The maximum atomic E-state index is 11.4. The summed E-state index contributed by atoms with van der Waals surface area (Å²) in [5.41, 5.74) is 7.51. The minimum atomic E-state index is -0.600. The number of allylic oxidation sites excluding steroid dienone is 1. The standard InChI is InChI=1S/C22H27N5O2/c1-15-3-2-4-20-17(5-6-19(15)20)12-23-11-16-7-9-27(10-8-16)22-24-13-18(14-25-22)21(28)26-29/h2-5,13-14,16,23,29H,6-12H2,1H3,(H,26,28). The van der Waals surface area contributed by atoms with Crippen molar-refractivity contribution in [1.29, 1.82) is 0 Å². The van der Waals surface area contributed by atoms with Gasteiger partial charge in [-0.05, 0) is 60.9 Å². The van der Waals surface area contributed by atoms with Crippen LogP contribution in [0.4, 0.5) is 5.95 Å². The molecule has 1 aliphatic carbocycles. The van der Waals surface area contributed by atoms with E-state index in [1.165, 1.54) is 34.7 Å². The van der Waals surface area contributed by atoms with Crippen LogP contribution in [0.25, 0.3) is 5.57 Å². The summed E-state index contributed by atoms with van der Waals surface area (Å²) in [5, 5.41) is 12.3. The second kappa shape index (κ2) is 8.71. The Bertz CT molecular complexity index is 902. The van der Waals surface area contributed by atoms with Gasteiger partial charge in [-0.3, -0.25) is 10.0 Å². The summed E-state index contributed by atoms with van der Waals surface area (Å²) in [5.74, 6) is 0.676. The number of amides is 1. The van der Waals surface area contributed by atoms with Crippen LogP contribution in [0.15, 0.2) is 36.7 Å². The Labute approximate surface area is 170 Å². The van der Waals surface area contributed by atoms with E-state index in [-0.39, 0.29) is 5.56 Å². The van der Waals surface area contributed by atoms with Crippen LogP contribution in [-0.2, 0) is 6.42 Å². The van der Waals surface area contributed by atoms with Gasteiger partial charge in [-0.1, -0.05) is 24.3 Å². The van der Waals surface area contributed by atoms with Crippen molar-refractivity contribution in [2.75, 3.05) is 31.1 Å². The number of benzene rings is 1. The van der Waals surface area contributed by atoms with Crippen molar-refractivity contribution < 1.29 is 10.0 Å². The highest BCUT2D eigenvalue weighted by atomic mass is 16.5. The van der Waals surface area contributed by atoms with Crippen LogP contribution in [-0.4, -0.2) is 47.3 Å². The lowest BCUT2D eigenvalue weighted by molar-refractivity contribution is 0.0705. The largest absolute Gasteiger partial charge is 0.341 e. The third-order valence-electron chi connectivity index (χ3n) is 5.96. The van der Waals surface area contributed by atoms with Gasteiger partial charge in [0.05, 0.1) is 5.56 Å². The predicted octanol–water partition coefficient (Wildman–Crippen LogP) is 2.35. The molecule has 7 nitrogen and oxygen atoms in total. The van der Waals surface area contributed by atoms with Gasteiger partial charge in [0.1, 0.15) is 0 Å². The molecule has 0 atom stereocenters. The minimum Gasteiger partial charge on any atom is -0.341 e. The lowest BCUT2D eigenvalue weighted by Gasteiger charge is -2.32. The van der Waals surface area contributed by atoms with Crippen molar-refractivity contribution in [3.8, 4) is 0 Å². The third-order valence-corrected chi connectivity index (χ3v) is 5.96. The van der Waals surface area contributed by atoms with Gasteiger partial charge in [-0.15, -0.1) is 0 Å². The summed E-state index contributed by atoms with van der Waals surface area (Å²) in [6, 6.07) is 6.57. The van der Waals surface area contributed by atoms with E-state index in [1.54, 1.807) is 5.48 Å². The Kier molecular flexibility index (Phi) is 5.87. The Morgan fingerprint density at radius 2 is 2.00 bits per heavy atom. The Balaban J connectivity index is 1.23. The van der Waals surface area contributed by atoms with Gasteiger partial charge in [-0.25, -0.2) is 15.4 Å². The highest BCUT2D eigenvalue weighted by Gasteiger charge is 2.22. The molecule has 0 saturated carbocycles. The maximum Gasteiger partial charge on any atom is 0.277 e. The predicted molar refractivity (Wildman–Crippen MR) is 112 cm³/mol. The molecule has 2 aliphatic rings. The molecule has 1 aromatic carbocycles. The summed E-state index contributed by atoms with van der Waals surface area (Å²) in [4.78, 5) is 22.0. The molecule has 29 heavy (non-hydrogen) atoms. The molecular weight excluding hydrogens is 366 g/mol. The van der Waals surface area contributed by atoms with Gasteiger partial charge in [-0.2, -0.15) is 0 Å². The second-order valence-corrected chi connectivity index (χ2v) is 7.81. The molecule has 2 aromatic rings. The molecule has 1 fully saturated rings. The summed E-state index contributed by atoms with van der Waals surface area (Å²) >= 11 is 0. The van der Waals surface area contributed by atoms with Crippen molar-refractivity contribution in [2.45, 2.75) is 26.2 Å². The molecule has 0 unspecified atom stereocenters. The van der Waals surface area contributed by atoms with Crippen molar-refractivity contribution in [2.24, 2.45) is 5.92 Å². The number of piperidine rings is 1. The van der Waals surface area contributed by atoms with Gasteiger partial charge >= 0.3 is 0 Å². The zero-order valence-electron chi connectivity index (χ0n) is 16.7. The average molecular weight is 393 g/mol. The van der Waals surface area contributed by atoms with Gasteiger partial charge in [0.25, 0.3) is 5.91 Å². The first-order valence-corrected chi connectivity index (χ1v) is 10.2. The first-order valence-electron chi connectivity index (χ1n) is 10.2. The molecule has 0 bridgehead atoms. The number of aromatic nitrogens is 2. The zero-order valence-corrected chi connectivity index (χ0v) is 16.7. The maximum absolute atomic E-state index is 11.4. The number of carbonyl (C=O) groups is 1. The number of hydrogen-bond acceptors (Lipinski definition) is 6. The fourth-order valence-electron chi connectivity index (χ4n) is 4.19. The van der Waals surface area contributed by atoms with E-state index in [0.717, 1.165) is 45.4 Å². The number of rotatable bonds is 6. The highest BCUT2D eigenvalue weighted by molar-refractivity contribution is 5.92. The number of hydrogen-bond donors (Lipinski definition) is 3. The van der Waals surface area contributed by atoms with Gasteiger partial charge in [0.2, 0.25) is 5.95 Å². The van der Waals surface area contributed by atoms with Crippen molar-refractivity contribution >= 4 is 17.4 Å². The number of aryl methyl sites for hydroxylation is 1.